The molecule has 3 fully saturated rings. The van der Waals surface area contributed by atoms with Gasteiger partial charge in [0.2, 0.25) is 11.8 Å². The Bertz CT molecular complexity index is 801. The second-order valence-corrected chi connectivity index (χ2v) is 14.6. The number of alkyl halides is 1. The largest absolute Gasteiger partial charge is 0.466 e. The van der Waals surface area contributed by atoms with Crippen LogP contribution in [0.1, 0.15) is 73.6 Å². The lowest BCUT2D eigenvalue weighted by Crippen LogP contribution is -2.58. The number of hydrogen-bond donors (Lipinski definition) is 2. The monoisotopic (exact) mass is 560 g/mol. The van der Waals surface area contributed by atoms with Crippen molar-refractivity contribution in [3.63, 3.8) is 0 Å². The van der Waals surface area contributed by atoms with Crippen molar-refractivity contribution < 1.29 is 24.2 Å². The molecule has 3 saturated heterocycles. The number of carbonyl (C=O) groups is 3. The second kappa shape index (κ2) is 10.3. The van der Waals surface area contributed by atoms with Gasteiger partial charge in [0.15, 0.2) is 0 Å². The van der Waals surface area contributed by atoms with E-state index in [9.17, 15) is 14.4 Å². The molecule has 3 aliphatic heterocycles. The molecule has 1 spiro atoms. The van der Waals surface area contributed by atoms with Gasteiger partial charge in [-0.15, -0.1) is 11.8 Å². The van der Waals surface area contributed by atoms with E-state index < -0.39 is 28.2 Å². The smallest absolute Gasteiger partial charge is 0.310 e. The van der Waals surface area contributed by atoms with Crippen LogP contribution in [-0.2, 0) is 19.1 Å². The van der Waals surface area contributed by atoms with E-state index in [1.807, 2.05) is 13.8 Å². The number of hydrogen-bond acceptors (Lipinski definition) is 6. The van der Waals surface area contributed by atoms with Gasteiger partial charge < -0.3 is 20.1 Å². The third kappa shape index (κ3) is 5.31. The lowest BCUT2D eigenvalue weighted by atomic mass is 9.71. The summed E-state index contributed by atoms with van der Waals surface area (Å²) >= 11 is 5.40. The quantitative estimate of drug-likeness (QED) is 0.241. The molecule has 0 aliphatic carbocycles. The van der Waals surface area contributed by atoms with Gasteiger partial charge in [0.25, 0.3) is 0 Å². The van der Waals surface area contributed by atoms with Crippen molar-refractivity contribution in [3.8, 4) is 0 Å². The van der Waals surface area contributed by atoms with E-state index >= 15 is 0 Å². The first-order valence-corrected chi connectivity index (χ1v) is 14.3. The van der Waals surface area contributed by atoms with Crippen LogP contribution in [0.5, 0.6) is 0 Å². The maximum atomic E-state index is 13.9. The molecule has 2 amide bonds. The maximum Gasteiger partial charge on any atom is 0.310 e. The van der Waals surface area contributed by atoms with E-state index in [0.29, 0.717) is 25.8 Å². The molecule has 7 nitrogen and oxygen atoms in total. The molecule has 3 rings (SSSR count). The predicted molar refractivity (Wildman–Crippen MR) is 138 cm³/mol. The van der Waals surface area contributed by atoms with E-state index in [0.717, 1.165) is 12.8 Å². The summed E-state index contributed by atoms with van der Waals surface area (Å²) in [6.45, 7) is 13.1. The third-order valence-electron chi connectivity index (χ3n) is 7.09. The summed E-state index contributed by atoms with van der Waals surface area (Å²) in [5.41, 5.74) is -0.408. The molecule has 2 bridgehead atoms. The number of aliphatic hydroxyl groups excluding tert-OH is 1. The van der Waals surface area contributed by atoms with Crippen molar-refractivity contribution in [2.45, 2.75) is 100 Å². The summed E-state index contributed by atoms with van der Waals surface area (Å²) in [5, 5.41) is 12.3. The highest BCUT2D eigenvalue weighted by Gasteiger charge is 2.76. The molecule has 0 aromatic heterocycles. The topological polar surface area (TPSA) is 95.9 Å². The molecule has 0 aromatic rings. The Labute approximate surface area is 216 Å². The van der Waals surface area contributed by atoms with Gasteiger partial charge in [-0.25, -0.2) is 0 Å². The summed E-state index contributed by atoms with van der Waals surface area (Å²) in [6, 6.07) is -0.632. The molecular formula is C25H41BrN2O5S. The number of amides is 2. The van der Waals surface area contributed by atoms with Gasteiger partial charge in [-0.2, -0.15) is 0 Å². The van der Waals surface area contributed by atoms with Gasteiger partial charge in [0, 0.05) is 28.8 Å². The fraction of sp³-hybridized carbons (Fsp3) is 0.880. The Hall–Kier alpha value is -0.800. The summed E-state index contributed by atoms with van der Waals surface area (Å²) in [5.74, 6) is -1.67. The molecule has 0 radical (unpaired) electrons. The average molecular weight is 562 g/mol. The SMILES string of the molecule is CCOC(=O)[C@H]1[C@H]2C(=O)N(CCCCCO)C(C(=O)NC(C)(C)CC(C)(C)C)C23CC(Br)[C@@H]1S3. The molecule has 0 saturated carbocycles. The number of carbonyl (C=O) groups excluding carboxylic acids is 3. The van der Waals surface area contributed by atoms with Gasteiger partial charge in [0.05, 0.1) is 23.2 Å². The van der Waals surface area contributed by atoms with Crippen LogP contribution in [0.2, 0.25) is 0 Å². The average Bonchev–Trinajstić information content (AvgIpc) is 3.26. The predicted octanol–water partition coefficient (Wildman–Crippen LogP) is 3.51. The first-order valence-electron chi connectivity index (χ1n) is 12.5. The van der Waals surface area contributed by atoms with Crippen LogP contribution in [0.15, 0.2) is 0 Å². The Balaban J connectivity index is 1.94. The molecule has 9 heteroatoms. The van der Waals surface area contributed by atoms with Crippen molar-refractivity contribution in [1.29, 1.82) is 0 Å². The van der Waals surface area contributed by atoms with Crippen molar-refractivity contribution in [2.75, 3.05) is 19.8 Å². The number of unbranched alkanes of at least 4 members (excludes halogenated alkanes) is 2. The van der Waals surface area contributed by atoms with E-state index in [-0.39, 0.29) is 46.5 Å². The normalized spacial score (nSPS) is 32.8. The molecule has 3 aliphatic rings. The zero-order valence-electron chi connectivity index (χ0n) is 21.4. The van der Waals surface area contributed by atoms with Gasteiger partial charge >= 0.3 is 5.97 Å². The van der Waals surface area contributed by atoms with Crippen molar-refractivity contribution in [2.24, 2.45) is 17.3 Å². The third-order valence-corrected chi connectivity index (χ3v) is 10.3. The number of nitrogens with zero attached hydrogens (tertiary/aromatic N) is 1. The minimum absolute atomic E-state index is 0.0314. The molecule has 2 N–H and O–H groups in total. The zero-order chi connectivity index (χ0) is 25.5. The standard InChI is InChI=1S/C25H41BrN2O5S/c1-7-33-22(32)16-17-21(31)28(11-9-8-10-12-29)19(25(17)13-15(26)18(16)34-25)20(30)27-24(5,6)14-23(2,3)4/h15-19,29H,7-14H2,1-6H3,(H,27,30)/t15?,16-,17-,18-,19?,25?/m0/s1. The maximum absolute atomic E-state index is 13.9. The molecule has 0 aromatic carbocycles. The number of aliphatic hydroxyl groups is 1. The lowest BCUT2D eigenvalue weighted by molar-refractivity contribution is -0.153. The van der Waals surface area contributed by atoms with Crippen LogP contribution in [0, 0.1) is 17.3 Å². The van der Waals surface area contributed by atoms with Gasteiger partial charge in [-0.05, 0) is 58.3 Å². The van der Waals surface area contributed by atoms with Gasteiger partial charge in [0.1, 0.15) is 6.04 Å². The van der Waals surface area contributed by atoms with E-state index in [1.165, 1.54) is 0 Å². The van der Waals surface area contributed by atoms with Gasteiger partial charge in [-0.3, -0.25) is 14.4 Å². The summed E-state index contributed by atoms with van der Waals surface area (Å²) in [6.07, 6.45) is 3.61. The summed E-state index contributed by atoms with van der Waals surface area (Å²) < 4.78 is 4.74. The van der Waals surface area contributed by atoms with Gasteiger partial charge in [-0.1, -0.05) is 36.7 Å². The number of rotatable bonds is 10. The first-order chi connectivity index (χ1) is 15.8. The van der Waals surface area contributed by atoms with E-state index in [2.05, 4.69) is 42.0 Å². The number of esters is 1. The molecule has 34 heavy (non-hydrogen) atoms. The molecule has 3 heterocycles. The first kappa shape index (κ1) is 27.8. The lowest BCUT2D eigenvalue weighted by Gasteiger charge is -2.39. The van der Waals surface area contributed by atoms with Crippen LogP contribution in [0.25, 0.3) is 0 Å². The van der Waals surface area contributed by atoms with Crippen molar-refractivity contribution in [1.82, 2.24) is 10.2 Å². The number of fused-ring (bicyclic) bond motifs is 1. The zero-order valence-corrected chi connectivity index (χ0v) is 23.8. The highest BCUT2D eigenvalue weighted by atomic mass is 79.9. The van der Waals surface area contributed by atoms with E-state index in [4.69, 9.17) is 9.84 Å². The number of halogens is 1. The minimum Gasteiger partial charge on any atom is -0.466 e. The Morgan fingerprint density at radius 2 is 1.91 bits per heavy atom. The van der Waals surface area contributed by atoms with Crippen molar-refractivity contribution in [3.05, 3.63) is 0 Å². The molecular weight excluding hydrogens is 520 g/mol. The number of thioether (sulfide) groups is 1. The fourth-order valence-electron chi connectivity index (χ4n) is 6.52. The highest BCUT2D eigenvalue weighted by Crippen LogP contribution is 2.67. The van der Waals surface area contributed by atoms with Crippen LogP contribution in [0.4, 0.5) is 0 Å². The summed E-state index contributed by atoms with van der Waals surface area (Å²) in [7, 11) is 0. The van der Waals surface area contributed by atoms with Crippen LogP contribution < -0.4 is 5.32 Å². The summed E-state index contributed by atoms with van der Waals surface area (Å²) in [4.78, 5) is 42.5. The molecule has 194 valence electrons. The van der Waals surface area contributed by atoms with Crippen molar-refractivity contribution >= 4 is 45.5 Å². The molecule has 6 atom stereocenters. The minimum atomic E-state index is -0.647. The fourth-order valence-corrected chi connectivity index (χ4v) is 10.1. The number of ether oxygens (including phenoxy) is 1. The second-order valence-electron chi connectivity index (χ2n) is 11.8. The highest BCUT2D eigenvalue weighted by molar-refractivity contribution is 9.09. The number of likely N-dealkylation sites (tertiary alicyclic amines) is 1. The van der Waals surface area contributed by atoms with Crippen LogP contribution in [-0.4, -0.2) is 74.0 Å². The Kier molecular flexibility index (Phi) is 8.41. The molecule has 3 unspecified atom stereocenters. The number of nitrogens with one attached hydrogen (secondary N) is 1. The van der Waals surface area contributed by atoms with Crippen LogP contribution >= 0.6 is 27.7 Å². The van der Waals surface area contributed by atoms with E-state index in [1.54, 1.807) is 23.6 Å². The van der Waals surface area contributed by atoms with Crippen LogP contribution in [0.3, 0.4) is 0 Å². The Morgan fingerprint density at radius 1 is 1.24 bits per heavy atom. The Morgan fingerprint density at radius 3 is 2.50 bits per heavy atom.